The first-order chi connectivity index (χ1) is 10.8. The number of methoxy groups -OCH3 is 1. The van der Waals surface area contributed by atoms with Gasteiger partial charge in [-0.25, -0.2) is 0 Å². The van der Waals surface area contributed by atoms with Crippen LogP contribution in [0.15, 0.2) is 24.4 Å². The zero-order valence-corrected chi connectivity index (χ0v) is 13.6. The standard InChI is InChI=1S/C16H21N3O2S/c1-21-14-2-3-15-12(10-14)11-17-19(15)7-4-16(20)18-13-5-8-22-9-6-13/h2-3,10-11,13H,4-9H2,1H3,(H,18,20). The third kappa shape index (κ3) is 3.55. The van der Waals surface area contributed by atoms with Crippen molar-refractivity contribution in [2.75, 3.05) is 18.6 Å². The van der Waals surface area contributed by atoms with Crippen LogP contribution >= 0.6 is 11.8 Å². The van der Waals surface area contributed by atoms with E-state index >= 15 is 0 Å². The molecule has 0 radical (unpaired) electrons. The van der Waals surface area contributed by atoms with Crippen molar-refractivity contribution >= 4 is 28.6 Å². The summed E-state index contributed by atoms with van der Waals surface area (Å²) in [6.45, 7) is 0.600. The summed E-state index contributed by atoms with van der Waals surface area (Å²) in [5.41, 5.74) is 1.03. The Bertz CT molecular complexity index is 650. The molecule has 1 fully saturated rings. The van der Waals surface area contributed by atoms with Crippen molar-refractivity contribution < 1.29 is 9.53 Å². The van der Waals surface area contributed by atoms with Crippen LogP contribution in [0.4, 0.5) is 0 Å². The van der Waals surface area contributed by atoms with Gasteiger partial charge in [0.05, 0.1) is 25.4 Å². The van der Waals surface area contributed by atoms with Gasteiger partial charge in [0.25, 0.3) is 0 Å². The first-order valence-electron chi connectivity index (χ1n) is 7.63. The quantitative estimate of drug-likeness (QED) is 0.920. The van der Waals surface area contributed by atoms with Gasteiger partial charge in [0, 0.05) is 17.8 Å². The molecule has 0 saturated carbocycles. The van der Waals surface area contributed by atoms with Gasteiger partial charge in [-0.2, -0.15) is 16.9 Å². The van der Waals surface area contributed by atoms with Gasteiger partial charge >= 0.3 is 0 Å². The normalized spacial score (nSPS) is 15.9. The summed E-state index contributed by atoms with van der Waals surface area (Å²) in [7, 11) is 1.65. The van der Waals surface area contributed by atoms with Gasteiger partial charge in [0.15, 0.2) is 0 Å². The van der Waals surface area contributed by atoms with E-state index in [2.05, 4.69) is 10.4 Å². The molecule has 2 heterocycles. The maximum atomic E-state index is 12.1. The molecule has 1 amide bonds. The zero-order chi connectivity index (χ0) is 15.4. The fourth-order valence-corrected chi connectivity index (χ4v) is 3.83. The summed E-state index contributed by atoms with van der Waals surface area (Å²) in [4.78, 5) is 12.1. The molecule has 0 spiro atoms. The predicted octanol–water partition coefficient (Wildman–Crippen LogP) is 2.45. The lowest BCUT2D eigenvalue weighted by Crippen LogP contribution is -2.37. The van der Waals surface area contributed by atoms with Gasteiger partial charge in [0.2, 0.25) is 5.91 Å². The fourth-order valence-electron chi connectivity index (χ4n) is 2.72. The highest BCUT2D eigenvalue weighted by Gasteiger charge is 2.16. The number of carbonyl (C=O) groups excluding carboxylic acids is 1. The van der Waals surface area contributed by atoms with Gasteiger partial charge in [-0.05, 0) is 42.5 Å². The maximum Gasteiger partial charge on any atom is 0.222 e. The van der Waals surface area contributed by atoms with E-state index in [0.717, 1.165) is 41.0 Å². The van der Waals surface area contributed by atoms with Crippen LogP contribution in [0, 0.1) is 0 Å². The van der Waals surface area contributed by atoms with Gasteiger partial charge in [-0.3, -0.25) is 9.48 Å². The molecule has 1 aliphatic heterocycles. The van der Waals surface area contributed by atoms with Gasteiger partial charge < -0.3 is 10.1 Å². The number of ether oxygens (including phenoxy) is 1. The van der Waals surface area contributed by atoms with E-state index in [0.29, 0.717) is 19.0 Å². The molecule has 3 rings (SSSR count). The molecule has 5 nitrogen and oxygen atoms in total. The number of aryl methyl sites for hydroxylation is 1. The molecule has 6 heteroatoms. The highest BCUT2D eigenvalue weighted by atomic mass is 32.2. The van der Waals surface area contributed by atoms with Crippen LogP contribution in [-0.4, -0.2) is 40.3 Å². The van der Waals surface area contributed by atoms with Gasteiger partial charge in [-0.15, -0.1) is 0 Å². The molecule has 1 aromatic carbocycles. The Labute approximate surface area is 134 Å². The van der Waals surface area contributed by atoms with Crippen molar-refractivity contribution in [1.29, 1.82) is 0 Å². The lowest BCUT2D eigenvalue weighted by Gasteiger charge is -2.22. The second-order valence-electron chi connectivity index (χ2n) is 5.50. The van der Waals surface area contributed by atoms with E-state index in [-0.39, 0.29) is 5.91 Å². The topological polar surface area (TPSA) is 56.2 Å². The Kier molecular flexibility index (Phi) is 4.87. The van der Waals surface area contributed by atoms with Crippen LogP contribution in [0.2, 0.25) is 0 Å². The number of amides is 1. The molecule has 22 heavy (non-hydrogen) atoms. The SMILES string of the molecule is COc1ccc2c(cnn2CCC(=O)NC2CCSCC2)c1. The van der Waals surface area contributed by atoms with E-state index in [9.17, 15) is 4.79 Å². The average molecular weight is 319 g/mol. The minimum Gasteiger partial charge on any atom is -0.497 e. The van der Waals surface area contributed by atoms with Crippen LogP contribution < -0.4 is 10.1 Å². The molecule has 118 valence electrons. The van der Waals surface area contributed by atoms with Crippen molar-refractivity contribution in [2.24, 2.45) is 0 Å². The summed E-state index contributed by atoms with van der Waals surface area (Å²) in [6.07, 6.45) is 4.45. The van der Waals surface area contributed by atoms with E-state index in [1.165, 1.54) is 0 Å². The van der Waals surface area contributed by atoms with Gasteiger partial charge in [0.1, 0.15) is 5.75 Å². The van der Waals surface area contributed by atoms with E-state index in [1.807, 2.05) is 40.8 Å². The number of hydrogen-bond acceptors (Lipinski definition) is 4. The van der Waals surface area contributed by atoms with Crippen LogP contribution in [0.5, 0.6) is 5.75 Å². The lowest BCUT2D eigenvalue weighted by atomic mass is 10.1. The van der Waals surface area contributed by atoms with Crippen molar-refractivity contribution in [3.63, 3.8) is 0 Å². The summed E-state index contributed by atoms with van der Waals surface area (Å²) >= 11 is 1.97. The monoisotopic (exact) mass is 319 g/mol. The summed E-state index contributed by atoms with van der Waals surface area (Å²) in [5, 5.41) is 8.53. The van der Waals surface area contributed by atoms with Crippen molar-refractivity contribution in [3.05, 3.63) is 24.4 Å². The van der Waals surface area contributed by atoms with Crippen molar-refractivity contribution in [3.8, 4) is 5.75 Å². The molecule has 1 saturated heterocycles. The van der Waals surface area contributed by atoms with E-state index in [4.69, 9.17) is 4.74 Å². The molecular weight excluding hydrogens is 298 g/mol. The number of benzene rings is 1. The molecule has 0 aliphatic carbocycles. The zero-order valence-electron chi connectivity index (χ0n) is 12.7. The highest BCUT2D eigenvalue weighted by Crippen LogP contribution is 2.20. The maximum absolute atomic E-state index is 12.1. The number of aromatic nitrogens is 2. The largest absolute Gasteiger partial charge is 0.497 e. The number of nitrogens with zero attached hydrogens (tertiary/aromatic N) is 2. The minimum atomic E-state index is 0.120. The minimum absolute atomic E-state index is 0.120. The second kappa shape index (κ2) is 7.05. The third-order valence-corrected chi connectivity index (χ3v) is 5.03. The highest BCUT2D eigenvalue weighted by molar-refractivity contribution is 7.99. The first kappa shape index (κ1) is 15.2. The number of rotatable bonds is 5. The van der Waals surface area contributed by atoms with Crippen LogP contribution in [-0.2, 0) is 11.3 Å². The molecule has 0 atom stereocenters. The molecular formula is C16H21N3O2S. The Balaban J connectivity index is 1.57. The summed E-state index contributed by atoms with van der Waals surface area (Å²) < 4.78 is 7.09. The van der Waals surface area contributed by atoms with Crippen molar-refractivity contribution in [2.45, 2.75) is 31.8 Å². The average Bonchev–Trinajstić information content (AvgIpc) is 2.96. The number of carbonyl (C=O) groups is 1. The number of hydrogen-bond donors (Lipinski definition) is 1. The fraction of sp³-hybridized carbons (Fsp3) is 0.500. The van der Waals surface area contributed by atoms with Crippen LogP contribution in [0.1, 0.15) is 19.3 Å². The van der Waals surface area contributed by atoms with Crippen molar-refractivity contribution in [1.82, 2.24) is 15.1 Å². The first-order valence-corrected chi connectivity index (χ1v) is 8.78. The van der Waals surface area contributed by atoms with E-state index < -0.39 is 0 Å². The Morgan fingerprint density at radius 3 is 3.05 bits per heavy atom. The number of nitrogens with one attached hydrogen (secondary N) is 1. The van der Waals surface area contributed by atoms with E-state index in [1.54, 1.807) is 7.11 Å². The third-order valence-electron chi connectivity index (χ3n) is 3.99. The molecule has 1 aliphatic rings. The number of thioether (sulfide) groups is 1. The van der Waals surface area contributed by atoms with Crippen LogP contribution in [0.3, 0.4) is 0 Å². The number of fused-ring (bicyclic) bond motifs is 1. The summed E-state index contributed by atoms with van der Waals surface area (Å²) in [5.74, 6) is 3.24. The van der Waals surface area contributed by atoms with Crippen LogP contribution in [0.25, 0.3) is 10.9 Å². The Morgan fingerprint density at radius 2 is 2.27 bits per heavy atom. The second-order valence-corrected chi connectivity index (χ2v) is 6.72. The smallest absolute Gasteiger partial charge is 0.222 e. The van der Waals surface area contributed by atoms with Gasteiger partial charge in [-0.1, -0.05) is 0 Å². The Hall–Kier alpha value is -1.69. The lowest BCUT2D eigenvalue weighted by molar-refractivity contribution is -0.122. The molecule has 0 bridgehead atoms. The predicted molar refractivity (Wildman–Crippen MR) is 89.4 cm³/mol. The molecule has 2 aromatic rings. The molecule has 0 unspecified atom stereocenters. The molecule has 1 N–H and O–H groups in total. The Morgan fingerprint density at radius 1 is 1.45 bits per heavy atom. The molecule has 1 aromatic heterocycles. The summed E-state index contributed by atoms with van der Waals surface area (Å²) in [6, 6.07) is 6.21.